The zero-order valence-corrected chi connectivity index (χ0v) is 27.3. The van der Waals surface area contributed by atoms with Gasteiger partial charge in [-0.15, -0.1) is 0 Å². The Morgan fingerprint density at radius 2 is 1.72 bits per heavy atom. The molecule has 0 unspecified atom stereocenters. The quantitative estimate of drug-likeness (QED) is 0.182. The summed E-state index contributed by atoms with van der Waals surface area (Å²) < 4.78 is 5.13. The zero-order chi connectivity index (χ0) is 32.8. The Hall–Kier alpha value is -4.89. The second-order valence-electron chi connectivity index (χ2n) is 11.4. The van der Waals surface area contributed by atoms with Gasteiger partial charge < -0.3 is 15.0 Å². The molecule has 236 valence electrons. The lowest BCUT2D eigenvalue weighted by Gasteiger charge is -2.31. The summed E-state index contributed by atoms with van der Waals surface area (Å²) in [6, 6.07) is 25.4. The van der Waals surface area contributed by atoms with Gasteiger partial charge in [-0.05, 0) is 59.4 Å². The van der Waals surface area contributed by atoms with Gasteiger partial charge in [0.25, 0.3) is 5.91 Å². The minimum absolute atomic E-state index is 0.176. The van der Waals surface area contributed by atoms with E-state index in [0.29, 0.717) is 23.5 Å². The molecule has 1 saturated heterocycles. The van der Waals surface area contributed by atoms with Gasteiger partial charge in [-0.1, -0.05) is 85.9 Å². The van der Waals surface area contributed by atoms with E-state index >= 15 is 0 Å². The molecule has 46 heavy (non-hydrogen) atoms. The first-order valence-electron chi connectivity index (χ1n) is 15.3. The lowest BCUT2D eigenvalue weighted by atomic mass is 9.99. The van der Waals surface area contributed by atoms with Crippen molar-refractivity contribution in [2.75, 3.05) is 12.0 Å². The third-order valence-electron chi connectivity index (χ3n) is 8.39. The van der Waals surface area contributed by atoms with Gasteiger partial charge in [0.15, 0.2) is 0 Å². The summed E-state index contributed by atoms with van der Waals surface area (Å²) in [5.41, 5.74) is 6.27. The number of carbonyl (C=O) groups is 3. The number of carbonyl (C=O) groups excluding carboxylic acids is 3. The van der Waals surface area contributed by atoms with E-state index in [4.69, 9.17) is 17.0 Å². The Bertz CT molecular complexity index is 1710. The molecule has 1 N–H and O–H groups in total. The zero-order valence-electron chi connectivity index (χ0n) is 26.5. The number of amides is 2. The van der Waals surface area contributed by atoms with Crippen molar-refractivity contribution >= 4 is 40.7 Å². The van der Waals surface area contributed by atoms with Crippen LogP contribution in [0.25, 0.3) is 0 Å². The molecule has 1 aliphatic heterocycles. The maximum Gasteiger partial charge on any atom is 0.328 e. The molecule has 4 aromatic rings. The van der Waals surface area contributed by atoms with Gasteiger partial charge in [-0.3, -0.25) is 19.5 Å². The summed E-state index contributed by atoms with van der Waals surface area (Å²) in [6.07, 6.45) is 4.26. The summed E-state index contributed by atoms with van der Waals surface area (Å²) >= 11 is 5.78. The number of nitrogens with one attached hydrogen (secondary N) is 1. The predicted molar refractivity (Wildman–Crippen MR) is 182 cm³/mol. The summed E-state index contributed by atoms with van der Waals surface area (Å²) in [7, 11) is 1.36. The van der Waals surface area contributed by atoms with E-state index in [1.807, 2.05) is 91.9 Å². The number of methoxy groups -OCH3 is 1. The van der Waals surface area contributed by atoms with Gasteiger partial charge in [-0.25, -0.2) is 4.79 Å². The smallest absolute Gasteiger partial charge is 0.328 e. The van der Waals surface area contributed by atoms with Crippen LogP contribution in [0.1, 0.15) is 53.4 Å². The number of rotatable bonds is 10. The Morgan fingerprint density at radius 1 is 0.978 bits per heavy atom. The van der Waals surface area contributed by atoms with Crippen LogP contribution in [0.2, 0.25) is 0 Å². The van der Waals surface area contributed by atoms with E-state index < -0.39 is 24.2 Å². The number of ether oxygens (including phenoxy) is 1. The summed E-state index contributed by atoms with van der Waals surface area (Å²) in [4.78, 5) is 48.2. The Morgan fingerprint density at radius 3 is 2.35 bits per heavy atom. The van der Waals surface area contributed by atoms with Crippen molar-refractivity contribution in [3.8, 4) is 0 Å². The van der Waals surface area contributed by atoms with Crippen molar-refractivity contribution in [3.63, 3.8) is 0 Å². The summed E-state index contributed by atoms with van der Waals surface area (Å²) in [5.74, 6) is -0.796. The van der Waals surface area contributed by atoms with Crippen molar-refractivity contribution in [3.05, 3.63) is 131 Å². The SMILES string of the molecule is CCc1cccc(C)c1C(=S)N[C@@H](Cc1ccc(N2C(=O)[C@@H](Cc3cccnc3)N(C(C)=O)[C@@H]2c2ccccc2)cc1)C(=O)OC. The van der Waals surface area contributed by atoms with E-state index in [1.54, 1.807) is 22.2 Å². The van der Waals surface area contributed by atoms with E-state index in [2.05, 4.69) is 17.2 Å². The first-order chi connectivity index (χ1) is 22.2. The fourth-order valence-corrected chi connectivity index (χ4v) is 6.59. The highest BCUT2D eigenvalue weighted by atomic mass is 32.1. The van der Waals surface area contributed by atoms with E-state index in [0.717, 1.165) is 39.8 Å². The fourth-order valence-electron chi connectivity index (χ4n) is 6.16. The average molecular weight is 635 g/mol. The highest BCUT2D eigenvalue weighted by Gasteiger charge is 2.48. The molecule has 2 amide bonds. The minimum Gasteiger partial charge on any atom is -0.467 e. The van der Waals surface area contributed by atoms with Crippen LogP contribution in [-0.4, -0.2) is 51.8 Å². The van der Waals surface area contributed by atoms with Crippen LogP contribution in [0.3, 0.4) is 0 Å². The first kappa shape index (κ1) is 32.5. The van der Waals surface area contributed by atoms with Crippen molar-refractivity contribution in [1.82, 2.24) is 15.2 Å². The average Bonchev–Trinajstić information content (AvgIpc) is 3.36. The molecule has 3 atom stereocenters. The molecule has 5 rings (SSSR count). The first-order valence-corrected chi connectivity index (χ1v) is 15.8. The molecule has 0 radical (unpaired) electrons. The van der Waals surface area contributed by atoms with Gasteiger partial charge >= 0.3 is 5.97 Å². The van der Waals surface area contributed by atoms with Crippen LogP contribution in [0, 0.1) is 6.92 Å². The molecular formula is C37H38N4O4S. The molecule has 3 aromatic carbocycles. The molecule has 0 saturated carbocycles. The van der Waals surface area contributed by atoms with Gasteiger partial charge in [0.1, 0.15) is 23.2 Å². The number of aryl methyl sites for hydroxylation is 2. The molecule has 1 aromatic heterocycles. The number of esters is 1. The monoisotopic (exact) mass is 634 g/mol. The van der Waals surface area contributed by atoms with E-state index in [1.165, 1.54) is 14.0 Å². The summed E-state index contributed by atoms with van der Waals surface area (Å²) in [5, 5.41) is 3.24. The maximum absolute atomic E-state index is 14.2. The number of anilines is 1. The van der Waals surface area contributed by atoms with E-state index in [-0.39, 0.29) is 11.8 Å². The van der Waals surface area contributed by atoms with Crippen molar-refractivity contribution in [2.24, 2.45) is 0 Å². The van der Waals surface area contributed by atoms with Crippen LogP contribution in [0.4, 0.5) is 5.69 Å². The van der Waals surface area contributed by atoms with Gasteiger partial charge in [0.05, 0.1) is 7.11 Å². The standard InChI is InChI=1S/C37H38N4O4S/c1-5-28-15-9-11-24(2)33(28)34(46)39-31(37(44)45-4)21-26-16-18-30(19-17-26)41-35(29-13-7-6-8-14-29)40(25(3)42)32(36(41)43)22-27-12-10-20-38-23-27/h6-20,23,31-32,35H,5,21-22H2,1-4H3,(H,39,46)/t31-,32+,35-/m0/s1. The van der Waals surface area contributed by atoms with Crippen LogP contribution in [-0.2, 0) is 38.4 Å². The number of pyridine rings is 1. The third kappa shape index (κ3) is 6.84. The van der Waals surface area contributed by atoms with Crippen LogP contribution in [0.15, 0.2) is 97.3 Å². The summed E-state index contributed by atoms with van der Waals surface area (Å²) in [6.45, 7) is 5.58. The fraction of sp³-hybridized carbons (Fsp3) is 0.270. The number of hydrogen-bond donors (Lipinski definition) is 1. The Kier molecular flexibility index (Phi) is 10.2. The molecule has 0 aliphatic carbocycles. The van der Waals surface area contributed by atoms with Crippen LogP contribution >= 0.6 is 12.2 Å². The molecule has 9 heteroatoms. The third-order valence-corrected chi connectivity index (χ3v) is 8.71. The molecule has 1 aliphatic rings. The molecule has 1 fully saturated rings. The van der Waals surface area contributed by atoms with Gasteiger partial charge in [-0.2, -0.15) is 0 Å². The lowest BCUT2D eigenvalue weighted by Crippen LogP contribution is -2.43. The number of hydrogen-bond acceptors (Lipinski definition) is 6. The highest BCUT2D eigenvalue weighted by molar-refractivity contribution is 7.80. The predicted octanol–water partition coefficient (Wildman–Crippen LogP) is 5.51. The molecule has 8 nitrogen and oxygen atoms in total. The van der Waals surface area contributed by atoms with Crippen LogP contribution in [0.5, 0.6) is 0 Å². The number of nitrogens with zero attached hydrogens (tertiary/aromatic N) is 3. The van der Waals surface area contributed by atoms with Crippen molar-refractivity contribution < 1.29 is 19.1 Å². The Balaban J connectivity index is 1.44. The number of thiocarbonyl (C=S) groups is 1. The van der Waals surface area contributed by atoms with Crippen molar-refractivity contribution in [2.45, 2.75) is 58.3 Å². The van der Waals surface area contributed by atoms with Gasteiger partial charge in [0.2, 0.25) is 5.91 Å². The second-order valence-corrected chi connectivity index (χ2v) is 11.8. The van der Waals surface area contributed by atoms with Crippen molar-refractivity contribution in [1.29, 1.82) is 0 Å². The molecule has 0 spiro atoms. The van der Waals surface area contributed by atoms with E-state index in [9.17, 15) is 14.4 Å². The minimum atomic E-state index is -0.713. The maximum atomic E-state index is 14.2. The lowest BCUT2D eigenvalue weighted by molar-refractivity contribution is -0.142. The number of aromatic nitrogens is 1. The normalized spacial score (nSPS) is 16.7. The highest BCUT2D eigenvalue weighted by Crippen LogP contribution is 2.39. The molecular weight excluding hydrogens is 596 g/mol. The largest absolute Gasteiger partial charge is 0.467 e. The number of benzene rings is 3. The molecule has 2 heterocycles. The van der Waals surface area contributed by atoms with Crippen LogP contribution < -0.4 is 10.2 Å². The topological polar surface area (TPSA) is 91.8 Å². The second kappa shape index (κ2) is 14.5. The van der Waals surface area contributed by atoms with Gasteiger partial charge in [0, 0.05) is 43.4 Å². The molecule has 0 bridgehead atoms. The Labute approximate surface area is 275 Å².